The molecule has 2 unspecified atom stereocenters. The van der Waals surface area contributed by atoms with E-state index in [-0.39, 0.29) is 10.8 Å². The van der Waals surface area contributed by atoms with Gasteiger partial charge in [0.2, 0.25) is 0 Å². The van der Waals surface area contributed by atoms with Crippen LogP contribution in [0.3, 0.4) is 0 Å². The van der Waals surface area contributed by atoms with Crippen molar-refractivity contribution < 1.29 is 10.2 Å². The van der Waals surface area contributed by atoms with E-state index in [2.05, 4.69) is 33.9 Å². The average molecular weight is 204 g/mol. The first kappa shape index (κ1) is 13.1. The highest BCUT2D eigenvalue weighted by Crippen LogP contribution is 2.39. The molecule has 0 amide bonds. The molecular formula is C10H24O2Si. The SMILES string of the molecule is CC(O)CC(O)[Si](C)(C)C(C)(C)C. The molecule has 0 aliphatic carbocycles. The Morgan fingerprint density at radius 3 is 1.77 bits per heavy atom. The molecule has 0 radical (unpaired) electrons. The van der Waals surface area contributed by atoms with Crippen LogP contribution < -0.4 is 0 Å². The summed E-state index contributed by atoms with van der Waals surface area (Å²) in [5, 5.41) is 19.4. The molecule has 0 aromatic carbocycles. The van der Waals surface area contributed by atoms with Crippen molar-refractivity contribution in [1.29, 1.82) is 0 Å². The highest BCUT2D eigenvalue weighted by molar-refractivity contribution is 6.81. The molecule has 0 fully saturated rings. The van der Waals surface area contributed by atoms with Gasteiger partial charge in [-0.15, -0.1) is 0 Å². The fraction of sp³-hybridized carbons (Fsp3) is 1.00. The number of rotatable bonds is 3. The van der Waals surface area contributed by atoms with Gasteiger partial charge in [0.05, 0.1) is 14.2 Å². The van der Waals surface area contributed by atoms with E-state index >= 15 is 0 Å². The van der Waals surface area contributed by atoms with E-state index in [1.165, 1.54) is 0 Å². The van der Waals surface area contributed by atoms with E-state index in [0.717, 1.165) is 0 Å². The summed E-state index contributed by atoms with van der Waals surface area (Å²) < 4.78 is 0. The zero-order valence-corrected chi connectivity index (χ0v) is 10.8. The Morgan fingerprint density at radius 1 is 1.15 bits per heavy atom. The molecule has 2 atom stereocenters. The van der Waals surface area contributed by atoms with Gasteiger partial charge < -0.3 is 10.2 Å². The first-order chi connectivity index (χ1) is 5.59. The van der Waals surface area contributed by atoms with Crippen molar-refractivity contribution in [3.8, 4) is 0 Å². The summed E-state index contributed by atoms with van der Waals surface area (Å²) in [7, 11) is -1.68. The van der Waals surface area contributed by atoms with Crippen LogP contribution in [0.25, 0.3) is 0 Å². The molecular weight excluding hydrogens is 180 g/mol. The van der Waals surface area contributed by atoms with Crippen molar-refractivity contribution in [2.45, 2.75) is 64.1 Å². The lowest BCUT2D eigenvalue weighted by Crippen LogP contribution is -2.50. The summed E-state index contributed by atoms with van der Waals surface area (Å²) in [5.74, 6) is 0. The van der Waals surface area contributed by atoms with Crippen LogP contribution in [0.15, 0.2) is 0 Å². The highest BCUT2D eigenvalue weighted by atomic mass is 28.3. The standard InChI is InChI=1S/C10H24O2Si/c1-8(11)7-9(12)13(5,6)10(2,3)4/h8-9,11-12H,7H2,1-6H3. The molecule has 80 valence electrons. The third-order valence-corrected chi connectivity index (χ3v) is 9.10. The van der Waals surface area contributed by atoms with Gasteiger partial charge in [-0.25, -0.2) is 0 Å². The summed E-state index contributed by atoms with van der Waals surface area (Å²) in [6, 6.07) is 0. The summed E-state index contributed by atoms with van der Waals surface area (Å²) in [6.45, 7) is 12.6. The predicted octanol–water partition coefficient (Wildman–Crippen LogP) is 2.17. The van der Waals surface area contributed by atoms with Crippen molar-refractivity contribution in [2.75, 3.05) is 0 Å². The molecule has 3 heteroatoms. The second-order valence-corrected chi connectivity index (χ2v) is 11.2. The largest absolute Gasteiger partial charge is 0.396 e. The van der Waals surface area contributed by atoms with Crippen LogP contribution in [0.5, 0.6) is 0 Å². The van der Waals surface area contributed by atoms with Gasteiger partial charge in [-0.2, -0.15) is 0 Å². The van der Waals surface area contributed by atoms with Crippen LogP contribution >= 0.6 is 0 Å². The molecule has 0 heterocycles. The van der Waals surface area contributed by atoms with Gasteiger partial charge >= 0.3 is 0 Å². The van der Waals surface area contributed by atoms with E-state index < -0.39 is 14.2 Å². The minimum atomic E-state index is -1.68. The Morgan fingerprint density at radius 2 is 1.54 bits per heavy atom. The zero-order valence-electron chi connectivity index (χ0n) is 9.76. The van der Waals surface area contributed by atoms with Crippen molar-refractivity contribution in [2.24, 2.45) is 0 Å². The monoisotopic (exact) mass is 204 g/mol. The Labute approximate surface area is 83.0 Å². The van der Waals surface area contributed by atoms with Gasteiger partial charge in [-0.3, -0.25) is 0 Å². The number of hydrogen-bond acceptors (Lipinski definition) is 2. The number of hydrogen-bond donors (Lipinski definition) is 2. The molecule has 0 aromatic rings. The maximum atomic E-state index is 9.98. The van der Waals surface area contributed by atoms with Crippen molar-refractivity contribution in [3.05, 3.63) is 0 Å². The molecule has 13 heavy (non-hydrogen) atoms. The molecule has 2 nitrogen and oxygen atoms in total. The van der Waals surface area contributed by atoms with E-state index in [1.807, 2.05) is 0 Å². The topological polar surface area (TPSA) is 40.5 Å². The minimum absolute atomic E-state index is 0.182. The normalized spacial score (nSPS) is 18.5. The summed E-state index contributed by atoms with van der Waals surface area (Å²) >= 11 is 0. The van der Waals surface area contributed by atoms with Crippen LogP contribution in [-0.4, -0.2) is 30.1 Å². The molecule has 0 saturated heterocycles. The van der Waals surface area contributed by atoms with Crippen molar-refractivity contribution >= 4 is 8.07 Å². The van der Waals surface area contributed by atoms with Crippen LogP contribution in [0.1, 0.15) is 34.1 Å². The highest BCUT2D eigenvalue weighted by Gasteiger charge is 2.41. The molecule has 2 N–H and O–H groups in total. The molecule has 0 aromatic heterocycles. The van der Waals surface area contributed by atoms with Gasteiger partial charge in [-0.1, -0.05) is 33.9 Å². The lowest BCUT2D eigenvalue weighted by molar-refractivity contribution is 0.124. The molecule has 0 aliphatic heterocycles. The van der Waals surface area contributed by atoms with Crippen LogP contribution in [-0.2, 0) is 0 Å². The molecule has 0 spiro atoms. The van der Waals surface area contributed by atoms with Gasteiger partial charge in [0.1, 0.15) is 0 Å². The van der Waals surface area contributed by atoms with Crippen LogP contribution in [0.4, 0.5) is 0 Å². The van der Waals surface area contributed by atoms with Crippen molar-refractivity contribution in [3.63, 3.8) is 0 Å². The Kier molecular flexibility index (Phi) is 4.15. The maximum Gasteiger partial charge on any atom is 0.0866 e. The molecule has 0 bridgehead atoms. The lowest BCUT2D eigenvalue weighted by Gasteiger charge is -2.41. The third kappa shape index (κ3) is 3.41. The predicted molar refractivity (Wildman–Crippen MR) is 59.5 cm³/mol. The fourth-order valence-electron chi connectivity index (χ4n) is 1.12. The van der Waals surface area contributed by atoms with Gasteiger partial charge in [-0.05, 0) is 18.4 Å². The third-order valence-electron chi connectivity index (χ3n) is 3.33. The molecule has 0 aliphatic rings. The van der Waals surface area contributed by atoms with E-state index in [1.54, 1.807) is 6.92 Å². The van der Waals surface area contributed by atoms with Crippen molar-refractivity contribution in [1.82, 2.24) is 0 Å². The van der Waals surface area contributed by atoms with Crippen LogP contribution in [0.2, 0.25) is 18.1 Å². The summed E-state index contributed by atoms with van der Waals surface area (Å²) in [5.41, 5.74) is -0.313. The van der Waals surface area contributed by atoms with Gasteiger partial charge in [0.25, 0.3) is 0 Å². The summed E-state index contributed by atoms with van der Waals surface area (Å²) in [6.07, 6.45) is 0.111. The lowest BCUT2D eigenvalue weighted by atomic mass is 10.2. The Hall–Kier alpha value is 0.137. The summed E-state index contributed by atoms with van der Waals surface area (Å²) in [4.78, 5) is 0. The quantitative estimate of drug-likeness (QED) is 0.692. The van der Waals surface area contributed by atoms with Crippen LogP contribution in [0, 0.1) is 0 Å². The van der Waals surface area contributed by atoms with Gasteiger partial charge in [0.15, 0.2) is 0 Å². The zero-order chi connectivity index (χ0) is 10.9. The number of aliphatic hydroxyl groups is 2. The smallest absolute Gasteiger partial charge is 0.0866 e. The van der Waals surface area contributed by atoms with Gasteiger partial charge in [0, 0.05) is 5.73 Å². The Bertz CT molecular complexity index is 159. The average Bonchev–Trinajstić information content (AvgIpc) is 1.82. The fourth-order valence-corrected chi connectivity index (χ4v) is 3.05. The first-order valence-electron chi connectivity index (χ1n) is 4.95. The number of aliphatic hydroxyl groups excluding tert-OH is 2. The molecule has 0 rings (SSSR count). The van der Waals surface area contributed by atoms with E-state index in [4.69, 9.17) is 0 Å². The first-order valence-corrected chi connectivity index (χ1v) is 8.03. The Balaban J connectivity index is 4.45. The van der Waals surface area contributed by atoms with E-state index in [9.17, 15) is 10.2 Å². The molecule has 0 saturated carbocycles. The van der Waals surface area contributed by atoms with E-state index in [0.29, 0.717) is 6.42 Å². The maximum absolute atomic E-state index is 9.98. The second kappa shape index (κ2) is 4.11. The minimum Gasteiger partial charge on any atom is -0.396 e. The second-order valence-electron chi connectivity index (χ2n) is 5.57.